The Hall–Kier alpha value is -1.82. The molecule has 6 heteroatoms. The Morgan fingerprint density at radius 1 is 1.32 bits per heavy atom. The highest BCUT2D eigenvalue weighted by Crippen LogP contribution is 2.31. The van der Waals surface area contributed by atoms with Crippen molar-refractivity contribution in [1.82, 2.24) is 9.47 Å². The van der Waals surface area contributed by atoms with E-state index in [0.717, 1.165) is 10.2 Å². The van der Waals surface area contributed by atoms with Gasteiger partial charge >= 0.3 is 5.97 Å². The van der Waals surface area contributed by atoms with Crippen molar-refractivity contribution < 1.29 is 14.3 Å². The average molecular weight is 322 g/mol. The van der Waals surface area contributed by atoms with Crippen LogP contribution in [0.25, 0.3) is 10.2 Å². The number of thiophene rings is 1. The standard InChI is InChI=1S/C16H22N2O3S/c1-5-12(14(19)17(6-2)7-3)18-13(16(20)21-4)10-11-8-9-22-15(11)18/h8-10,12H,5-7H2,1-4H3. The summed E-state index contributed by atoms with van der Waals surface area (Å²) in [5.74, 6) is -0.363. The van der Waals surface area contributed by atoms with Gasteiger partial charge in [-0.15, -0.1) is 11.3 Å². The number of carbonyl (C=O) groups is 2. The van der Waals surface area contributed by atoms with Gasteiger partial charge in [0.1, 0.15) is 16.6 Å². The Labute approximate surface area is 134 Å². The molecular weight excluding hydrogens is 300 g/mol. The van der Waals surface area contributed by atoms with Gasteiger partial charge < -0.3 is 14.2 Å². The first-order valence-electron chi connectivity index (χ1n) is 7.54. The molecular formula is C16H22N2O3S. The highest BCUT2D eigenvalue weighted by atomic mass is 32.1. The van der Waals surface area contributed by atoms with Crippen LogP contribution < -0.4 is 0 Å². The van der Waals surface area contributed by atoms with Crippen LogP contribution >= 0.6 is 11.3 Å². The molecule has 1 amide bonds. The van der Waals surface area contributed by atoms with E-state index >= 15 is 0 Å². The number of methoxy groups -OCH3 is 1. The molecule has 0 aliphatic rings. The van der Waals surface area contributed by atoms with Gasteiger partial charge in [0.2, 0.25) is 5.91 Å². The lowest BCUT2D eigenvalue weighted by Gasteiger charge is -2.26. The minimum atomic E-state index is -0.408. The molecule has 0 aliphatic heterocycles. The molecule has 2 aromatic heterocycles. The zero-order valence-corrected chi connectivity index (χ0v) is 14.3. The molecule has 0 aromatic carbocycles. The maximum absolute atomic E-state index is 12.8. The predicted octanol–water partition coefficient (Wildman–Crippen LogP) is 3.31. The van der Waals surface area contributed by atoms with Crippen LogP contribution in [0.1, 0.15) is 43.7 Å². The number of carbonyl (C=O) groups excluding carboxylic acids is 2. The number of esters is 1. The summed E-state index contributed by atoms with van der Waals surface area (Å²) in [6.45, 7) is 7.21. The predicted molar refractivity (Wildman–Crippen MR) is 88.4 cm³/mol. The molecule has 1 unspecified atom stereocenters. The fraction of sp³-hybridized carbons (Fsp3) is 0.500. The molecule has 22 heavy (non-hydrogen) atoms. The van der Waals surface area contributed by atoms with Crippen LogP contribution in [0.15, 0.2) is 17.5 Å². The van der Waals surface area contributed by atoms with E-state index in [1.807, 2.05) is 36.8 Å². The largest absolute Gasteiger partial charge is 0.464 e. The Kier molecular flexibility index (Phi) is 5.24. The van der Waals surface area contributed by atoms with Crippen molar-refractivity contribution in [3.63, 3.8) is 0 Å². The quantitative estimate of drug-likeness (QED) is 0.767. The van der Waals surface area contributed by atoms with E-state index in [-0.39, 0.29) is 11.9 Å². The maximum atomic E-state index is 12.8. The van der Waals surface area contributed by atoms with Crippen LogP contribution in [0.5, 0.6) is 0 Å². The molecule has 0 fully saturated rings. The van der Waals surface area contributed by atoms with Gasteiger partial charge in [-0.2, -0.15) is 0 Å². The fourth-order valence-electron chi connectivity index (χ4n) is 2.73. The third-order valence-electron chi connectivity index (χ3n) is 3.90. The molecule has 5 nitrogen and oxygen atoms in total. The SMILES string of the molecule is CCC(C(=O)N(CC)CC)n1c(C(=O)OC)cc2ccsc21. The molecule has 0 spiro atoms. The molecule has 2 aromatic rings. The lowest BCUT2D eigenvalue weighted by atomic mass is 10.2. The highest BCUT2D eigenvalue weighted by molar-refractivity contribution is 7.16. The van der Waals surface area contributed by atoms with Gasteiger partial charge in [-0.1, -0.05) is 6.92 Å². The first-order chi connectivity index (χ1) is 10.6. The third kappa shape index (κ3) is 2.75. The van der Waals surface area contributed by atoms with Crippen LogP contribution in [0, 0.1) is 0 Å². The van der Waals surface area contributed by atoms with Crippen molar-refractivity contribution in [2.24, 2.45) is 0 Å². The van der Waals surface area contributed by atoms with Crippen molar-refractivity contribution in [3.05, 3.63) is 23.2 Å². The summed E-state index contributed by atoms with van der Waals surface area (Å²) in [5.41, 5.74) is 0.441. The number of ether oxygens (including phenoxy) is 1. The van der Waals surface area contributed by atoms with E-state index in [1.165, 1.54) is 18.4 Å². The first-order valence-corrected chi connectivity index (χ1v) is 8.42. The lowest BCUT2D eigenvalue weighted by molar-refractivity contribution is -0.134. The van der Waals surface area contributed by atoms with Crippen LogP contribution in [0.2, 0.25) is 0 Å². The minimum Gasteiger partial charge on any atom is -0.464 e. The fourth-order valence-corrected chi connectivity index (χ4v) is 3.67. The van der Waals surface area contributed by atoms with Gasteiger partial charge in [0.25, 0.3) is 0 Å². The van der Waals surface area contributed by atoms with E-state index in [1.54, 1.807) is 11.0 Å². The van der Waals surface area contributed by atoms with E-state index in [4.69, 9.17) is 4.74 Å². The Morgan fingerprint density at radius 2 is 2.00 bits per heavy atom. The van der Waals surface area contributed by atoms with Gasteiger partial charge in [0.05, 0.1) is 7.11 Å². The second-order valence-corrected chi connectivity index (χ2v) is 5.90. The van der Waals surface area contributed by atoms with E-state index in [2.05, 4.69) is 0 Å². The summed E-state index contributed by atoms with van der Waals surface area (Å²) in [6, 6.07) is 3.37. The second-order valence-electron chi connectivity index (χ2n) is 5.01. The molecule has 120 valence electrons. The summed E-state index contributed by atoms with van der Waals surface area (Å²) in [5, 5.41) is 2.94. The molecule has 0 saturated heterocycles. The van der Waals surface area contributed by atoms with Crippen LogP contribution in [0.3, 0.4) is 0 Å². The molecule has 0 radical (unpaired) electrons. The highest BCUT2D eigenvalue weighted by Gasteiger charge is 2.29. The molecule has 2 heterocycles. The minimum absolute atomic E-state index is 0.0450. The van der Waals surface area contributed by atoms with E-state index in [9.17, 15) is 9.59 Å². The van der Waals surface area contributed by atoms with Crippen molar-refractivity contribution in [1.29, 1.82) is 0 Å². The molecule has 0 saturated carbocycles. The van der Waals surface area contributed by atoms with Crippen molar-refractivity contribution >= 4 is 33.4 Å². The number of hydrogen-bond acceptors (Lipinski definition) is 4. The Balaban J connectivity index is 2.56. The van der Waals surface area contributed by atoms with Crippen molar-refractivity contribution in [2.75, 3.05) is 20.2 Å². The Morgan fingerprint density at radius 3 is 2.55 bits per heavy atom. The van der Waals surface area contributed by atoms with Crippen LogP contribution in [0.4, 0.5) is 0 Å². The lowest BCUT2D eigenvalue weighted by Crippen LogP contribution is -2.37. The number of hydrogen-bond donors (Lipinski definition) is 0. The second kappa shape index (κ2) is 6.96. The van der Waals surface area contributed by atoms with Gasteiger partial charge in [-0.25, -0.2) is 4.79 Å². The number of fused-ring (bicyclic) bond motifs is 1. The Bertz CT molecular complexity index is 670. The monoisotopic (exact) mass is 322 g/mol. The molecule has 0 aliphatic carbocycles. The van der Waals surface area contributed by atoms with Crippen molar-refractivity contribution in [3.8, 4) is 0 Å². The normalized spacial score (nSPS) is 12.4. The number of amides is 1. The summed E-state index contributed by atoms with van der Waals surface area (Å²) in [6.07, 6.45) is 0.626. The average Bonchev–Trinajstić information content (AvgIpc) is 3.10. The van der Waals surface area contributed by atoms with Crippen LogP contribution in [-0.2, 0) is 9.53 Å². The van der Waals surface area contributed by atoms with Gasteiger partial charge in [-0.3, -0.25) is 4.79 Å². The number of nitrogens with zero attached hydrogens (tertiary/aromatic N) is 2. The molecule has 0 N–H and O–H groups in total. The summed E-state index contributed by atoms with van der Waals surface area (Å²) < 4.78 is 6.72. The summed E-state index contributed by atoms with van der Waals surface area (Å²) in [4.78, 5) is 27.6. The van der Waals surface area contributed by atoms with E-state index in [0.29, 0.717) is 25.2 Å². The number of rotatable bonds is 6. The summed E-state index contributed by atoms with van der Waals surface area (Å²) >= 11 is 1.54. The van der Waals surface area contributed by atoms with Gasteiger partial charge in [0, 0.05) is 18.5 Å². The smallest absolute Gasteiger partial charge is 0.354 e. The van der Waals surface area contributed by atoms with Gasteiger partial charge in [-0.05, 0) is 37.8 Å². The third-order valence-corrected chi connectivity index (χ3v) is 4.83. The molecule has 2 rings (SSSR count). The number of aromatic nitrogens is 1. The zero-order chi connectivity index (χ0) is 16.3. The van der Waals surface area contributed by atoms with E-state index < -0.39 is 5.97 Å². The zero-order valence-electron chi connectivity index (χ0n) is 13.5. The van der Waals surface area contributed by atoms with Crippen molar-refractivity contribution in [2.45, 2.75) is 33.2 Å². The number of likely N-dealkylation sites (N-methyl/N-ethyl adjacent to an activating group) is 1. The maximum Gasteiger partial charge on any atom is 0.354 e. The first kappa shape index (κ1) is 16.5. The van der Waals surface area contributed by atoms with Gasteiger partial charge in [0.15, 0.2) is 0 Å². The molecule has 0 bridgehead atoms. The van der Waals surface area contributed by atoms with Crippen LogP contribution in [-0.4, -0.2) is 41.5 Å². The summed E-state index contributed by atoms with van der Waals surface area (Å²) in [7, 11) is 1.36. The topological polar surface area (TPSA) is 51.5 Å². The molecule has 1 atom stereocenters.